The second-order valence-electron chi connectivity index (χ2n) is 24.9. The molecule has 10 rings (SSSR count). The van der Waals surface area contributed by atoms with Crippen LogP contribution in [0.3, 0.4) is 0 Å². The number of amides is 5. The first kappa shape index (κ1) is 63.0. The third-order valence-corrected chi connectivity index (χ3v) is 19.0. The van der Waals surface area contributed by atoms with Crippen LogP contribution in [-0.2, 0) is 30.5 Å². The average molecular weight is 1210 g/mol. The topological polar surface area (TPSA) is 204 Å². The van der Waals surface area contributed by atoms with Crippen molar-refractivity contribution < 1.29 is 42.6 Å². The Labute approximate surface area is 510 Å². The molecule has 0 radical (unpaired) electrons. The first-order valence-electron chi connectivity index (χ1n) is 31.7. The molecule has 0 spiro atoms. The van der Waals surface area contributed by atoms with Crippen LogP contribution in [-0.4, -0.2) is 194 Å². The summed E-state index contributed by atoms with van der Waals surface area (Å²) in [5.74, 6) is -0.964. The van der Waals surface area contributed by atoms with Gasteiger partial charge in [-0.3, -0.25) is 28.9 Å². The molecule has 6 N–H and O–H groups in total. The van der Waals surface area contributed by atoms with Crippen molar-refractivity contribution in [2.75, 3.05) is 98.2 Å². The van der Waals surface area contributed by atoms with E-state index < -0.39 is 29.7 Å². The summed E-state index contributed by atoms with van der Waals surface area (Å²) in [5.41, 5.74) is 4.59. The molecule has 1 saturated carbocycles. The van der Waals surface area contributed by atoms with Crippen LogP contribution < -0.4 is 26.6 Å². The van der Waals surface area contributed by atoms with Gasteiger partial charge in [-0.05, 0) is 118 Å². The third kappa shape index (κ3) is 16.2. The number of hydrogen-bond donors (Lipinski definition) is 6. The number of carbonyl (C=O) groups is 5. The maximum atomic E-state index is 14.5. The Bertz CT molecular complexity index is 2910. The summed E-state index contributed by atoms with van der Waals surface area (Å²) in [6, 6.07) is 17.8. The first-order valence-corrected chi connectivity index (χ1v) is 32.0. The molecule has 6 atom stereocenters. The van der Waals surface area contributed by atoms with Gasteiger partial charge in [0.1, 0.15) is 29.7 Å². The van der Waals surface area contributed by atoms with Gasteiger partial charge in [-0.1, -0.05) is 68.1 Å². The van der Waals surface area contributed by atoms with Crippen molar-refractivity contribution >= 4 is 47.0 Å². The number of nitrogens with one attached hydrogen (secondary N) is 5. The molecule has 18 nitrogen and oxygen atoms in total. The summed E-state index contributed by atoms with van der Waals surface area (Å²) in [5, 5.41) is 27.4. The normalized spacial score (nSPS) is 23.5. The van der Waals surface area contributed by atoms with Crippen LogP contribution >= 0.6 is 11.6 Å². The molecule has 0 aromatic heterocycles. The van der Waals surface area contributed by atoms with Gasteiger partial charge >= 0.3 is 0 Å². The van der Waals surface area contributed by atoms with Crippen molar-refractivity contribution in [3.05, 3.63) is 117 Å². The predicted molar refractivity (Wildman–Crippen MR) is 326 cm³/mol. The fourth-order valence-electron chi connectivity index (χ4n) is 13.9. The number of hydrogen-bond acceptors (Lipinski definition) is 13. The number of likely N-dealkylation sites (tertiary alicyclic amines) is 3. The molecular formula is C65H88ClF2N11O7. The fraction of sp³-hybridized carbons (Fsp3) is 0.600. The van der Waals surface area contributed by atoms with E-state index in [0.717, 1.165) is 105 Å². The summed E-state index contributed by atoms with van der Waals surface area (Å²) < 4.78 is 34.2. The lowest BCUT2D eigenvalue weighted by atomic mass is 9.83. The highest BCUT2D eigenvalue weighted by molar-refractivity contribution is 6.30. The van der Waals surface area contributed by atoms with Gasteiger partial charge in [-0.25, -0.2) is 13.8 Å². The van der Waals surface area contributed by atoms with Gasteiger partial charge in [0.05, 0.1) is 37.3 Å². The summed E-state index contributed by atoms with van der Waals surface area (Å²) in [6.07, 6.45) is 9.75. The number of amidine groups is 1. The minimum atomic E-state index is -0.657. The van der Waals surface area contributed by atoms with Crippen LogP contribution in [0.25, 0.3) is 0 Å². The number of ether oxygens (including phenoxy) is 1. The minimum absolute atomic E-state index is 0.0185. The third-order valence-electron chi connectivity index (χ3n) is 18.8. The number of carbonyl (C=O) groups excluding carboxylic acids is 5. The SMILES string of the molecule is CC1N=C(N2CCN(C(=O)[C@H](CNCCNC(=O)CN3CCC(OC4CCN(C(=O)[C@H](NC(=O)c5cccc(C6CCCN(C(=O)CNCc7ccc(F)cc7F)C6)c5)C5CCCCC5)CC4)CC3)c3ccc(Cl)cc3)CC2)C2=C(N1)[C@H](O)C[C@H]2C. The Morgan fingerprint density at radius 1 is 0.767 bits per heavy atom. The van der Waals surface area contributed by atoms with Gasteiger partial charge in [-0.2, -0.15) is 0 Å². The zero-order valence-corrected chi connectivity index (χ0v) is 50.8. The van der Waals surface area contributed by atoms with Crippen LogP contribution in [0.15, 0.2) is 83.0 Å². The molecule has 21 heteroatoms. The van der Waals surface area contributed by atoms with E-state index in [1.54, 1.807) is 11.0 Å². The van der Waals surface area contributed by atoms with E-state index in [-0.39, 0.29) is 84.3 Å². The van der Waals surface area contributed by atoms with Gasteiger partial charge in [0.2, 0.25) is 23.6 Å². The Hall–Kier alpha value is -6.03. The maximum Gasteiger partial charge on any atom is 0.251 e. The van der Waals surface area contributed by atoms with Crippen molar-refractivity contribution in [1.82, 2.24) is 51.1 Å². The van der Waals surface area contributed by atoms with E-state index in [1.807, 2.05) is 59.2 Å². The van der Waals surface area contributed by atoms with Gasteiger partial charge < -0.3 is 56.0 Å². The monoisotopic (exact) mass is 1210 g/mol. The number of rotatable bonds is 20. The highest BCUT2D eigenvalue weighted by Gasteiger charge is 2.40. The summed E-state index contributed by atoms with van der Waals surface area (Å²) in [6.45, 7) is 12.0. The molecule has 86 heavy (non-hydrogen) atoms. The first-order chi connectivity index (χ1) is 41.6. The summed E-state index contributed by atoms with van der Waals surface area (Å²) in [4.78, 5) is 84.2. The van der Waals surface area contributed by atoms with E-state index >= 15 is 0 Å². The van der Waals surface area contributed by atoms with E-state index in [9.17, 15) is 37.9 Å². The molecule has 2 aliphatic carbocycles. The van der Waals surface area contributed by atoms with Crippen LogP contribution in [0, 0.1) is 23.5 Å². The lowest BCUT2D eigenvalue weighted by Crippen LogP contribution is -2.55. The molecule has 5 fully saturated rings. The number of aliphatic imine (C=N–C) groups is 1. The van der Waals surface area contributed by atoms with E-state index in [4.69, 9.17) is 21.3 Å². The standard InChI is InChI=1S/C65H88ClF2N11O7/c1-42-34-56(80)61-59(42)62(73-43(2)72-61)76-30-32-78(33-31-76)64(84)54(44-13-16-50(66)17-14-44)38-69-23-24-71-57(81)41-75-26-19-52(20-27-75)86-53-21-28-77(29-22-53)65(85)60(45-8-4-3-5-9-45)74-63(83)47-11-6-10-46(35-47)49-12-7-25-79(40-49)58(82)39-70-37-48-15-18-51(67)36-55(48)68/h6,10-11,13-18,35-36,42-43,45,49,52-54,56,60,69-70,72,80H,3-5,7-9,12,19-34,37-41H2,1-2H3,(H,71,81)(H,74,83)/t42-,43?,49?,54-,56-,60-/m1/s1. The summed E-state index contributed by atoms with van der Waals surface area (Å²) >= 11 is 6.26. The second kappa shape index (κ2) is 29.8. The number of nitrogens with zero attached hydrogens (tertiary/aromatic N) is 6. The minimum Gasteiger partial charge on any atom is -0.387 e. The zero-order valence-electron chi connectivity index (χ0n) is 50.1. The van der Waals surface area contributed by atoms with Crippen LogP contribution in [0.4, 0.5) is 8.78 Å². The number of benzene rings is 3. The molecule has 5 aliphatic heterocycles. The van der Waals surface area contributed by atoms with Crippen molar-refractivity contribution in [3.8, 4) is 0 Å². The van der Waals surface area contributed by atoms with Crippen molar-refractivity contribution in [2.45, 2.75) is 140 Å². The second-order valence-corrected chi connectivity index (χ2v) is 25.3. The van der Waals surface area contributed by atoms with E-state index in [0.29, 0.717) is 108 Å². The smallest absolute Gasteiger partial charge is 0.251 e. The Kier molecular flexibility index (Phi) is 21.8. The van der Waals surface area contributed by atoms with Gasteiger partial charge in [-0.15, -0.1) is 0 Å². The van der Waals surface area contributed by atoms with Crippen molar-refractivity contribution in [3.63, 3.8) is 0 Å². The lowest BCUT2D eigenvalue weighted by Gasteiger charge is -2.40. The molecule has 4 saturated heterocycles. The fourth-order valence-corrected chi connectivity index (χ4v) is 14.1. The Balaban J connectivity index is 0.628. The Morgan fingerprint density at radius 3 is 2.22 bits per heavy atom. The number of piperidine rings is 3. The van der Waals surface area contributed by atoms with Gasteiger partial charge in [0, 0.05) is 131 Å². The molecule has 7 aliphatic rings. The number of aliphatic hydroxyl groups is 1. The maximum absolute atomic E-state index is 14.5. The van der Waals surface area contributed by atoms with Gasteiger partial charge in [0.25, 0.3) is 5.91 Å². The lowest BCUT2D eigenvalue weighted by molar-refractivity contribution is -0.139. The van der Waals surface area contributed by atoms with Crippen molar-refractivity contribution in [2.24, 2.45) is 16.8 Å². The molecule has 0 bridgehead atoms. The molecule has 5 heterocycles. The largest absolute Gasteiger partial charge is 0.387 e. The van der Waals surface area contributed by atoms with Crippen LogP contribution in [0.5, 0.6) is 0 Å². The number of piperazine rings is 1. The Morgan fingerprint density at radius 2 is 1.49 bits per heavy atom. The van der Waals surface area contributed by atoms with Crippen LogP contribution in [0.2, 0.25) is 5.02 Å². The quantitative estimate of drug-likeness (QED) is 0.0733. The molecule has 5 amide bonds. The van der Waals surface area contributed by atoms with Crippen LogP contribution in [0.1, 0.15) is 130 Å². The molecule has 2 unspecified atom stereocenters. The average Bonchev–Trinajstić information content (AvgIpc) is 3.11. The number of aliphatic hydroxyl groups excluding tert-OH is 1. The molecule has 3 aromatic rings. The molecular weight excluding hydrogens is 1120 g/mol. The zero-order chi connectivity index (χ0) is 60.3. The highest BCUT2D eigenvalue weighted by atomic mass is 35.5. The predicted octanol–water partition coefficient (Wildman–Crippen LogP) is 5.90. The summed E-state index contributed by atoms with van der Waals surface area (Å²) in [7, 11) is 0. The highest BCUT2D eigenvalue weighted by Crippen LogP contribution is 2.36. The molecule has 466 valence electrons. The van der Waals surface area contributed by atoms with Crippen molar-refractivity contribution in [1.29, 1.82) is 0 Å². The number of halogens is 3. The molecule has 3 aromatic carbocycles. The van der Waals surface area contributed by atoms with E-state index in [2.05, 4.69) is 43.3 Å². The van der Waals surface area contributed by atoms with E-state index in [1.165, 1.54) is 12.1 Å². The van der Waals surface area contributed by atoms with Gasteiger partial charge in [0.15, 0.2) is 0 Å².